The van der Waals surface area contributed by atoms with Gasteiger partial charge in [-0.25, -0.2) is 4.79 Å². The van der Waals surface area contributed by atoms with Crippen LogP contribution in [0.5, 0.6) is 11.5 Å². The molecule has 31 heavy (non-hydrogen) atoms. The lowest BCUT2D eigenvalue weighted by molar-refractivity contribution is 0.0922. The first-order valence-corrected chi connectivity index (χ1v) is 12.0. The molecule has 3 aliphatic rings. The molecule has 2 amide bonds. The lowest BCUT2D eigenvalue weighted by atomic mass is 10.00. The van der Waals surface area contributed by atoms with Gasteiger partial charge in [0.1, 0.15) is 18.1 Å². The van der Waals surface area contributed by atoms with Gasteiger partial charge in [-0.15, -0.1) is 0 Å². The minimum atomic E-state index is -0.108. The van der Waals surface area contributed by atoms with Crippen LogP contribution in [0.1, 0.15) is 44.1 Å². The number of nitrogens with one attached hydrogen (secondary N) is 2. The third-order valence-electron chi connectivity index (χ3n) is 6.91. The van der Waals surface area contributed by atoms with E-state index in [-0.39, 0.29) is 12.1 Å². The van der Waals surface area contributed by atoms with Crippen LogP contribution in [0.15, 0.2) is 18.2 Å². The average molecular weight is 431 g/mol. The van der Waals surface area contributed by atoms with Crippen molar-refractivity contribution in [3.05, 3.63) is 23.8 Å². The van der Waals surface area contributed by atoms with Gasteiger partial charge >= 0.3 is 6.03 Å². The Bertz CT molecular complexity index is 715. The normalized spacial score (nSPS) is 22.9. The predicted octanol–water partition coefficient (Wildman–Crippen LogP) is 2.64. The van der Waals surface area contributed by atoms with Gasteiger partial charge in [0, 0.05) is 12.6 Å². The van der Waals surface area contributed by atoms with Crippen LogP contribution in [0.4, 0.5) is 4.79 Å². The van der Waals surface area contributed by atoms with Crippen LogP contribution in [0.25, 0.3) is 0 Å². The van der Waals surface area contributed by atoms with E-state index in [0.29, 0.717) is 13.2 Å². The fourth-order valence-corrected chi connectivity index (χ4v) is 5.12. The smallest absolute Gasteiger partial charge is 0.315 e. The number of carbonyl (C=O) groups excluding carboxylic acids is 1. The second-order valence-corrected chi connectivity index (χ2v) is 9.11. The molecule has 3 aliphatic heterocycles. The summed E-state index contributed by atoms with van der Waals surface area (Å²) in [7, 11) is 1.66. The van der Waals surface area contributed by atoms with Crippen LogP contribution in [0.3, 0.4) is 0 Å². The molecule has 2 fully saturated rings. The van der Waals surface area contributed by atoms with Crippen LogP contribution < -0.4 is 20.1 Å². The minimum absolute atomic E-state index is 0.0200. The summed E-state index contributed by atoms with van der Waals surface area (Å²) in [6, 6.07) is 6.48. The van der Waals surface area contributed by atoms with E-state index in [0.717, 1.165) is 42.5 Å². The maximum Gasteiger partial charge on any atom is 0.315 e. The highest BCUT2D eigenvalue weighted by Crippen LogP contribution is 2.28. The number of methoxy groups -OCH3 is 1. The molecular weight excluding hydrogens is 392 g/mol. The molecule has 0 unspecified atom stereocenters. The number of ether oxygens (including phenoxy) is 2. The number of carbonyl (C=O) groups is 1. The predicted molar refractivity (Wildman–Crippen MR) is 122 cm³/mol. The van der Waals surface area contributed by atoms with E-state index < -0.39 is 0 Å². The van der Waals surface area contributed by atoms with Crippen molar-refractivity contribution in [1.29, 1.82) is 0 Å². The highest BCUT2D eigenvalue weighted by atomic mass is 16.5. The number of benzene rings is 1. The number of fused-ring (bicyclic) bond motifs is 1. The Labute approximate surface area is 186 Å². The summed E-state index contributed by atoms with van der Waals surface area (Å²) in [5, 5.41) is 6.05. The average Bonchev–Trinajstić information content (AvgIpc) is 2.82. The Morgan fingerprint density at radius 3 is 2.74 bits per heavy atom. The first-order chi connectivity index (χ1) is 15.2. The van der Waals surface area contributed by atoms with E-state index >= 15 is 0 Å². The van der Waals surface area contributed by atoms with Crippen molar-refractivity contribution in [2.75, 3.05) is 53.0 Å². The monoisotopic (exact) mass is 430 g/mol. The lowest BCUT2D eigenvalue weighted by Crippen LogP contribution is -2.48. The van der Waals surface area contributed by atoms with Crippen LogP contribution in [-0.4, -0.2) is 80.9 Å². The van der Waals surface area contributed by atoms with Crippen molar-refractivity contribution < 1.29 is 14.3 Å². The molecule has 0 aliphatic carbocycles. The van der Waals surface area contributed by atoms with Gasteiger partial charge in [0.15, 0.2) is 0 Å². The SMILES string of the molecule is COc1ccc2c(c1)C[C@H](NC(=O)NCCCN1CCC(N3CCCCC3)CC1)CO2. The summed E-state index contributed by atoms with van der Waals surface area (Å²) in [5.74, 6) is 1.69. The fourth-order valence-electron chi connectivity index (χ4n) is 5.12. The van der Waals surface area contributed by atoms with Crippen LogP contribution >= 0.6 is 0 Å². The van der Waals surface area contributed by atoms with Gasteiger partial charge in [-0.2, -0.15) is 0 Å². The minimum Gasteiger partial charge on any atom is -0.497 e. The quantitative estimate of drug-likeness (QED) is 0.651. The van der Waals surface area contributed by atoms with Gasteiger partial charge in [0.25, 0.3) is 0 Å². The van der Waals surface area contributed by atoms with Crippen LogP contribution in [0.2, 0.25) is 0 Å². The van der Waals surface area contributed by atoms with E-state index in [2.05, 4.69) is 20.4 Å². The maximum atomic E-state index is 12.3. The summed E-state index contributed by atoms with van der Waals surface area (Å²) in [5.41, 5.74) is 1.07. The molecule has 172 valence electrons. The molecule has 2 N–H and O–H groups in total. The molecule has 0 aromatic heterocycles. The summed E-state index contributed by atoms with van der Waals surface area (Å²) in [6.07, 6.45) is 8.49. The maximum absolute atomic E-state index is 12.3. The number of hydrogen-bond donors (Lipinski definition) is 2. The molecule has 7 heteroatoms. The first-order valence-electron chi connectivity index (χ1n) is 12.0. The van der Waals surface area contributed by atoms with Gasteiger partial charge in [-0.3, -0.25) is 0 Å². The molecule has 1 atom stereocenters. The van der Waals surface area contributed by atoms with Crippen LogP contribution in [-0.2, 0) is 6.42 Å². The fraction of sp³-hybridized carbons (Fsp3) is 0.708. The lowest BCUT2D eigenvalue weighted by Gasteiger charge is -2.40. The molecule has 7 nitrogen and oxygen atoms in total. The van der Waals surface area contributed by atoms with Crippen molar-refractivity contribution >= 4 is 6.03 Å². The van der Waals surface area contributed by atoms with Gasteiger partial charge in [-0.1, -0.05) is 6.42 Å². The Morgan fingerprint density at radius 1 is 1.16 bits per heavy atom. The van der Waals surface area contributed by atoms with E-state index in [1.807, 2.05) is 18.2 Å². The van der Waals surface area contributed by atoms with E-state index in [4.69, 9.17) is 9.47 Å². The summed E-state index contributed by atoms with van der Waals surface area (Å²) in [4.78, 5) is 17.6. The number of hydrogen-bond acceptors (Lipinski definition) is 5. The van der Waals surface area contributed by atoms with Gasteiger partial charge < -0.3 is 29.9 Å². The van der Waals surface area contributed by atoms with Crippen molar-refractivity contribution in [2.45, 2.75) is 57.0 Å². The Morgan fingerprint density at radius 2 is 1.97 bits per heavy atom. The Kier molecular flexibility index (Phi) is 7.92. The zero-order valence-electron chi connectivity index (χ0n) is 18.9. The summed E-state index contributed by atoms with van der Waals surface area (Å²) < 4.78 is 11.1. The molecule has 0 bridgehead atoms. The summed E-state index contributed by atoms with van der Waals surface area (Å²) >= 11 is 0. The van der Waals surface area contributed by atoms with E-state index in [9.17, 15) is 4.79 Å². The number of nitrogens with zero attached hydrogens (tertiary/aromatic N) is 2. The summed E-state index contributed by atoms with van der Waals surface area (Å²) in [6.45, 7) is 7.25. The number of urea groups is 1. The molecule has 0 radical (unpaired) electrons. The van der Waals surface area contributed by atoms with Gasteiger partial charge in [-0.05, 0) is 95.0 Å². The zero-order chi connectivity index (χ0) is 21.5. The van der Waals surface area contributed by atoms with E-state index in [1.165, 1.54) is 58.3 Å². The zero-order valence-corrected chi connectivity index (χ0v) is 18.9. The Balaban J connectivity index is 1.09. The number of likely N-dealkylation sites (tertiary alicyclic amines) is 2. The van der Waals surface area contributed by atoms with Crippen LogP contribution in [0, 0.1) is 0 Å². The second-order valence-electron chi connectivity index (χ2n) is 9.11. The molecule has 1 aromatic rings. The molecular formula is C24H38N4O3. The van der Waals surface area contributed by atoms with Crippen molar-refractivity contribution in [3.63, 3.8) is 0 Å². The molecule has 4 rings (SSSR count). The molecule has 2 saturated heterocycles. The number of piperidine rings is 2. The largest absolute Gasteiger partial charge is 0.497 e. The second kappa shape index (κ2) is 11.0. The highest BCUT2D eigenvalue weighted by Gasteiger charge is 2.25. The Hall–Kier alpha value is -1.99. The third-order valence-corrected chi connectivity index (χ3v) is 6.91. The number of rotatable bonds is 7. The van der Waals surface area contributed by atoms with Crippen molar-refractivity contribution in [2.24, 2.45) is 0 Å². The van der Waals surface area contributed by atoms with Crippen molar-refractivity contribution in [3.8, 4) is 11.5 Å². The third kappa shape index (κ3) is 6.26. The van der Waals surface area contributed by atoms with Gasteiger partial charge in [0.05, 0.1) is 13.2 Å². The molecule has 0 spiro atoms. The topological polar surface area (TPSA) is 66.1 Å². The van der Waals surface area contributed by atoms with E-state index in [1.54, 1.807) is 7.11 Å². The molecule has 3 heterocycles. The van der Waals surface area contributed by atoms with Gasteiger partial charge in [0.2, 0.25) is 0 Å². The first kappa shape index (κ1) is 22.2. The standard InChI is InChI=1S/C24H38N4O3/c1-30-22-6-7-23-19(17-22)16-20(18-31-23)26-24(29)25-10-5-11-27-14-8-21(9-15-27)28-12-3-2-4-13-28/h6-7,17,20-21H,2-5,8-16,18H2,1H3,(H2,25,26,29)/t20-/m0/s1. The molecule has 1 aromatic carbocycles. The molecule has 0 saturated carbocycles. The highest BCUT2D eigenvalue weighted by molar-refractivity contribution is 5.74. The van der Waals surface area contributed by atoms with Crippen molar-refractivity contribution in [1.82, 2.24) is 20.4 Å². The number of amides is 2.